The lowest BCUT2D eigenvalue weighted by atomic mass is 10.0. The summed E-state index contributed by atoms with van der Waals surface area (Å²) in [6, 6.07) is 0. The molecule has 0 amide bonds. The summed E-state index contributed by atoms with van der Waals surface area (Å²) in [5.74, 6) is -0.849. The number of carbonyl (C=O) groups is 3. The minimum Gasteiger partial charge on any atom is -0.462 e. The largest absolute Gasteiger partial charge is 0.462 e. The highest BCUT2D eigenvalue weighted by Gasteiger charge is 2.19. The molecule has 366 valence electrons. The third kappa shape index (κ3) is 49.2. The molecule has 0 saturated heterocycles. The molecule has 0 rings (SSSR count). The van der Waals surface area contributed by atoms with Crippen molar-refractivity contribution in [2.45, 2.75) is 316 Å². The predicted molar refractivity (Wildman–Crippen MR) is 266 cm³/mol. The number of rotatable bonds is 51. The number of hydrogen-bond acceptors (Lipinski definition) is 6. The molecule has 62 heavy (non-hydrogen) atoms. The molecule has 0 N–H and O–H groups in total. The summed E-state index contributed by atoms with van der Waals surface area (Å²) in [5.41, 5.74) is 0. The van der Waals surface area contributed by atoms with Crippen LogP contribution in [0.3, 0.4) is 0 Å². The molecule has 1 atom stereocenters. The first-order valence-corrected chi connectivity index (χ1v) is 27.7. The van der Waals surface area contributed by atoms with Gasteiger partial charge >= 0.3 is 17.9 Å². The van der Waals surface area contributed by atoms with Crippen molar-refractivity contribution >= 4 is 17.9 Å². The Kier molecular flexibility index (Phi) is 50.2. The van der Waals surface area contributed by atoms with E-state index in [9.17, 15) is 14.4 Å². The van der Waals surface area contributed by atoms with E-state index < -0.39 is 6.10 Å². The summed E-state index contributed by atoms with van der Waals surface area (Å²) in [5, 5.41) is 0. The maximum atomic E-state index is 12.8. The highest BCUT2D eigenvalue weighted by atomic mass is 16.6. The SMILES string of the molecule is CCCCCCC/C=C\CCCCCCCCCC(=O)OC[C@@H](COC(=O)CCCCCCCCCCCCCCCCC)OC(=O)CCCCCCCCCCCCCCC. The topological polar surface area (TPSA) is 78.9 Å². The van der Waals surface area contributed by atoms with Gasteiger partial charge in [-0.25, -0.2) is 0 Å². The average Bonchev–Trinajstić information content (AvgIpc) is 3.27. The third-order valence-corrected chi connectivity index (χ3v) is 12.5. The van der Waals surface area contributed by atoms with Gasteiger partial charge in [0, 0.05) is 19.3 Å². The van der Waals surface area contributed by atoms with Crippen LogP contribution in [0.1, 0.15) is 310 Å². The van der Waals surface area contributed by atoms with Gasteiger partial charge in [0.15, 0.2) is 6.10 Å². The second-order valence-corrected chi connectivity index (χ2v) is 18.9. The van der Waals surface area contributed by atoms with E-state index in [1.807, 2.05) is 0 Å². The summed E-state index contributed by atoms with van der Waals surface area (Å²) >= 11 is 0. The first kappa shape index (κ1) is 60.2. The Morgan fingerprint density at radius 3 is 0.806 bits per heavy atom. The van der Waals surface area contributed by atoms with Crippen LogP contribution in [0.15, 0.2) is 12.2 Å². The molecule has 0 bridgehead atoms. The van der Waals surface area contributed by atoms with Crippen molar-refractivity contribution in [1.29, 1.82) is 0 Å². The Bertz CT molecular complexity index is 962. The molecule has 0 aliphatic heterocycles. The van der Waals surface area contributed by atoms with Crippen molar-refractivity contribution < 1.29 is 28.6 Å². The van der Waals surface area contributed by atoms with Gasteiger partial charge in [-0.15, -0.1) is 0 Å². The molecule has 0 aliphatic carbocycles. The monoisotopic (exact) mass is 875 g/mol. The second-order valence-electron chi connectivity index (χ2n) is 18.9. The molecule has 6 heteroatoms. The number of unbranched alkanes of at least 4 members (excludes halogenated alkanes) is 38. The molecule has 0 saturated carbocycles. The fourth-order valence-electron chi connectivity index (χ4n) is 8.32. The lowest BCUT2D eigenvalue weighted by Gasteiger charge is -2.18. The van der Waals surface area contributed by atoms with Crippen molar-refractivity contribution in [2.75, 3.05) is 13.2 Å². The van der Waals surface area contributed by atoms with Crippen molar-refractivity contribution in [2.24, 2.45) is 0 Å². The smallest absolute Gasteiger partial charge is 0.306 e. The van der Waals surface area contributed by atoms with Crippen LogP contribution in [0.2, 0.25) is 0 Å². The van der Waals surface area contributed by atoms with Crippen LogP contribution in [0.5, 0.6) is 0 Å². The lowest BCUT2D eigenvalue weighted by molar-refractivity contribution is -0.167. The molecular formula is C56H106O6. The zero-order chi connectivity index (χ0) is 45.1. The predicted octanol–water partition coefficient (Wildman–Crippen LogP) is 18.2. The standard InChI is InChI=1S/C56H106O6/c1-4-7-10-13-16-19-22-25-27-29-32-34-37-40-43-46-49-55(58)61-52-53(62-56(59)50-47-44-41-38-35-30-24-21-18-15-12-9-6-3)51-60-54(57)48-45-42-39-36-33-31-28-26-23-20-17-14-11-8-5-2/h22,25,53H,4-21,23-24,26-52H2,1-3H3/b25-22-/t53-/m1/s1. The first-order valence-electron chi connectivity index (χ1n) is 27.7. The Morgan fingerprint density at radius 2 is 0.532 bits per heavy atom. The Labute approximate surface area is 386 Å². The number of hydrogen-bond donors (Lipinski definition) is 0. The quantitative estimate of drug-likeness (QED) is 0.0262. The van der Waals surface area contributed by atoms with Gasteiger partial charge in [0.05, 0.1) is 0 Å². The maximum Gasteiger partial charge on any atom is 0.306 e. The number of allylic oxidation sites excluding steroid dienone is 2. The van der Waals surface area contributed by atoms with Crippen molar-refractivity contribution in [1.82, 2.24) is 0 Å². The average molecular weight is 875 g/mol. The van der Waals surface area contributed by atoms with Gasteiger partial charge < -0.3 is 14.2 Å². The van der Waals surface area contributed by atoms with Crippen molar-refractivity contribution in [3.8, 4) is 0 Å². The molecule has 0 aromatic heterocycles. The second kappa shape index (κ2) is 51.8. The van der Waals surface area contributed by atoms with E-state index in [0.717, 1.165) is 57.8 Å². The van der Waals surface area contributed by atoms with Gasteiger partial charge in [0.1, 0.15) is 13.2 Å². The van der Waals surface area contributed by atoms with Gasteiger partial charge in [-0.2, -0.15) is 0 Å². The third-order valence-electron chi connectivity index (χ3n) is 12.5. The molecule has 0 aromatic carbocycles. The zero-order valence-electron chi connectivity index (χ0n) is 41.9. The number of esters is 3. The Balaban J connectivity index is 4.31. The van der Waals surface area contributed by atoms with E-state index in [2.05, 4.69) is 32.9 Å². The van der Waals surface area contributed by atoms with Crippen molar-refractivity contribution in [3.63, 3.8) is 0 Å². The van der Waals surface area contributed by atoms with E-state index in [1.54, 1.807) is 0 Å². The van der Waals surface area contributed by atoms with E-state index in [4.69, 9.17) is 14.2 Å². The summed E-state index contributed by atoms with van der Waals surface area (Å²) < 4.78 is 16.8. The normalized spacial score (nSPS) is 12.0. The summed E-state index contributed by atoms with van der Waals surface area (Å²) in [4.78, 5) is 38.0. The van der Waals surface area contributed by atoms with Gasteiger partial charge in [-0.3, -0.25) is 14.4 Å². The molecular weight excluding hydrogens is 769 g/mol. The lowest BCUT2D eigenvalue weighted by Crippen LogP contribution is -2.30. The number of ether oxygens (including phenoxy) is 3. The Morgan fingerprint density at radius 1 is 0.306 bits per heavy atom. The number of carbonyl (C=O) groups excluding carboxylic acids is 3. The molecule has 0 aliphatic rings. The van der Waals surface area contributed by atoms with Gasteiger partial charge in [-0.05, 0) is 44.9 Å². The molecule has 0 heterocycles. The summed E-state index contributed by atoms with van der Waals surface area (Å²) in [6.07, 6.45) is 57.6. The molecule has 0 radical (unpaired) electrons. The first-order chi connectivity index (χ1) is 30.5. The molecule has 0 unspecified atom stereocenters. The van der Waals surface area contributed by atoms with Crippen LogP contribution in [0.25, 0.3) is 0 Å². The minimum atomic E-state index is -0.765. The van der Waals surface area contributed by atoms with Gasteiger partial charge in [0.2, 0.25) is 0 Å². The van der Waals surface area contributed by atoms with Crippen LogP contribution < -0.4 is 0 Å². The van der Waals surface area contributed by atoms with E-state index in [0.29, 0.717) is 19.3 Å². The van der Waals surface area contributed by atoms with Crippen LogP contribution >= 0.6 is 0 Å². The van der Waals surface area contributed by atoms with Gasteiger partial charge in [-0.1, -0.05) is 258 Å². The van der Waals surface area contributed by atoms with Crippen molar-refractivity contribution in [3.05, 3.63) is 12.2 Å². The van der Waals surface area contributed by atoms with E-state index >= 15 is 0 Å². The molecule has 0 fully saturated rings. The highest BCUT2D eigenvalue weighted by Crippen LogP contribution is 2.17. The van der Waals surface area contributed by atoms with Crippen LogP contribution in [-0.4, -0.2) is 37.2 Å². The van der Waals surface area contributed by atoms with E-state index in [1.165, 1.54) is 212 Å². The fourth-order valence-corrected chi connectivity index (χ4v) is 8.32. The summed E-state index contributed by atoms with van der Waals surface area (Å²) in [7, 11) is 0. The minimum absolute atomic E-state index is 0.0654. The zero-order valence-corrected chi connectivity index (χ0v) is 41.9. The van der Waals surface area contributed by atoms with E-state index in [-0.39, 0.29) is 31.1 Å². The molecule has 0 spiro atoms. The Hall–Kier alpha value is -1.85. The molecule has 0 aromatic rings. The van der Waals surface area contributed by atoms with Gasteiger partial charge in [0.25, 0.3) is 0 Å². The highest BCUT2D eigenvalue weighted by molar-refractivity contribution is 5.71. The van der Waals surface area contributed by atoms with Crippen LogP contribution in [0, 0.1) is 0 Å². The summed E-state index contributed by atoms with van der Waals surface area (Å²) in [6.45, 7) is 6.67. The molecule has 6 nitrogen and oxygen atoms in total. The maximum absolute atomic E-state index is 12.8. The van der Waals surface area contributed by atoms with Crippen LogP contribution in [-0.2, 0) is 28.6 Å². The fraction of sp³-hybridized carbons (Fsp3) is 0.911. The van der Waals surface area contributed by atoms with Crippen LogP contribution in [0.4, 0.5) is 0 Å².